The first-order chi connectivity index (χ1) is 15.8. The molecule has 1 aliphatic heterocycles. The Labute approximate surface area is 199 Å². The standard InChI is InChI=1S/C24H31N3O4S2/c1-16-12-14-27(15-13-16)33(30,31)18-10-8-17(9-11-18)22(28)26-24-21(23(29)25-2)19-6-4-3-5-7-20(19)32-24/h8-11,16H,3-7,12-15H2,1-2H3,(H,25,29)(H,26,28). The molecule has 1 aliphatic carbocycles. The Morgan fingerprint density at radius 2 is 1.67 bits per heavy atom. The maximum Gasteiger partial charge on any atom is 0.256 e. The van der Waals surface area contributed by atoms with Crippen molar-refractivity contribution in [2.24, 2.45) is 5.92 Å². The molecule has 0 atom stereocenters. The van der Waals surface area contributed by atoms with Gasteiger partial charge in [0, 0.05) is 30.6 Å². The zero-order valence-electron chi connectivity index (χ0n) is 19.1. The van der Waals surface area contributed by atoms with E-state index >= 15 is 0 Å². The number of sulfonamides is 1. The van der Waals surface area contributed by atoms with Crippen LogP contribution in [0.5, 0.6) is 0 Å². The largest absolute Gasteiger partial charge is 0.355 e. The number of carbonyl (C=O) groups excluding carboxylic acids is 2. The van der Waals surface area contributed by atoms with Gasteiger partial charge in [0.1, 0.15) is 5.00 Å². The number of nitrogens with zero attached hydrogens (tertiary/aromatic N) is 1. The van der Waals surface area contributed by atoms with Gasteiger partial charge in [0.15, 0.2) is 0 Å². The van der Waals surface area contributed by atoms with Crippen molar-refractivity contribution >= 4 is 38.2 Å². The van der Waals surface area contributed by atoms with Crippen LogP contribution in [-0.2, 0) is 22.9 Å². The highest BCUT2D eigenvalue weighted by atomic mass is 32.2. The molecule has 2 aliphatic rings. The van der Waals surface area contributed by atoms with Crippen molar-refractivity contribution < 1.29 is 18.0 Å². The summed E-state index contributed by atoms with van der Waals surface area (Å²) in [4.78, 5) is 26.9. The number of hydrogen-bond acceptors (Lipinski definition) is 5. The highest BCUT2D eigenvalue weighted by molar-refractivity contribution is 7.89. The van der Waals surface area contributed by atoms with Gasteiger partial charge in [0.2, 0.25) is 10.0 Å². The summed E-state index contributed by atoms with van der Waals surface area (Å²) < 4.78 is 27.4. The van der Waals surface area contributed by atoms with Gasteiger partial charge in [-0.2, -0.15) is 4.31 Å². The second kappa shape index (κ2) is 9.95. The zero-order valence-corrected chi connectivity index (χ0v) is 20.8. The smallest absolute Gasteiger partial charge is 0.256 e. The van der Waals surface area contributed by atoms with Crippen LogP contribution in [0.2, 0.25) is 0 Å². The second-order valence-corrected chi connectivity index (χ2v) is 12.0. The molecule has 2 heterocycles. The Hall–Kier alpha value is -2.23. The van der Waals surface area contributed by atoms with E-state index in [1.165, 1.54) is 44.8 Å². The predicted octanol–water partition coefficient (Wildman–Crippen LogP) is 4.05. The van der Waals surface area contributed by atoms with Gasteiger partial charge >= 0.3 is 0 Å². The van der Waals surface area contributed by atoms with Gasteiger partial charge in [-0.25, -0.2) is 8.42 Å². The third kappa shape index (κ3) is 5.00. The van der Waals surface area contributed by atoms with Gasteiger partial charge in [-0.1, -0.05) is 13.3 Å². The van der Waals surface area contributed by atoms with E-state index < -0.39 is 10.0 Å². The Bertz CT molecular complexity index is 1130. The first-order valence-electron chi connectivity index (χ1n) is 11.6. The molecule has 0 unspecified atom stereocenters. The average Bonchev–Trinajstić information content (AvgIpc) is 2.98. The van der Waals surface area contributed by atoms with Crippen LogP contribution in [0.3, 0.4) is 0 Å². The second-order valence-electron chi connectivity index (χ2n) is 8.91. The van der Waals surface area contributed by atoms with Crippen molar-refractivity contribution in [3.63, 3.8) is 0 Å². The normalized spacial score (nSPS) is 17.8. The highest BCUT2D eigenvalue weighted by Gasteiger charge is 2.29. The van der Waals surface area contributed by atoms with E-state index in [2.05, 4.69) is 17.6 Å². The maximum absolute atomic E-state index is 13.0. The molecule has 2 amide bonds. The lowest BCUT2D eigenvalue weighted by molar-refractivity contribution is 0.0963. The van der Waals surface area contributed by atoms with Gasteiger partial charge in [-0.05, 0) is 74.3 Å². The fourth-order valence-corrected chi connectivity index (χ4v) is 7.28. The van der Waals surface area contributed by atoms with Crippen LogP contribution in [0.4, 0.5) is 5.00 Å². The van der Waals surface area contributed by atoms with E-state index in [0.29, 0.717) is 35.1 Å². The Kier molecular flexibility index (Phi) is 7.21. The number of benzene rings is 1. The number of rotatable bonds is 5. The quantitative estimate of drug-likeness (QED) is 0.620. The first kappa shape index (κ1) is 23.9. The third-order valence-electron chi connectivity index (χ3n) is 6.60. The number of hydrogen-bond donors (Lipinski definition) is 2. The van der Waals surface area contributed by atoms with Crippen LogP contribution >= 0.6 is 11.3 Å². The maximum atomic E-state index is 13.0. The monoisotopic (exact) mass is 489 g/mol. The van der Waals surface area contributed by atoms with Crippen LogP contribution in [0.15, 0.2) is 29.2 Å². The molecule has 178 valence electrons. The Balaban J connectivity index is 1.53. The number of piperidine rings is 1. The summed E-state index contributed by atoms with van der Waals surface area (Å²) in [5.41, 5.74) is 1.96. The van der Waals surface area contributed by atoms with Gasteiger partial charge in [0.25, 0.3) is 11.8 Å². The summed E-state index contributed by atoms with van der Waals surface area (Å²) in [6, 6.07) is 6.05. The van der Waals surface area contributed by atoms with Crippen molar-refractivity contribution in [1.29, 1.82) is 0 Å². The van der Waals surface area contributed by atoms with Crippen LogP contribution in [0.25, 0.3) is 0 Å². The minimum atomic E-state index is -3.56. The molecule has 0 spiro atoms. The van der Waals surface area contributed by atoms with Crippen LogP contribution in [0, 0.1) is 5.92 Å². The Morgan fingerprint density at radius 3 is 2.33 bits per heavy atom. The first-order valence-corrected chi connectivity index (χ1v) is 13.8. The van der Waals surface area contributed by atoms with E-state index in [0.717, 1.165) is 50.5 Å². The lowest BCUT2D eigenvalue weighted by Crippen LogP contribution is -2.37. The fourth-order valence-electron chi connectivity index (χ4n) is 4.52. The van der Waals surface area contributed by atoms with E-state index in [1.54, 1.807) is 7.05 Å². The SMILES string of the molecule is CNC(=O)c1c(NC(=O)c2ccc(S(=O)(=O)N3CCC(C)CC3)cc2)sc2c1CCCCC2. The van der Waals surface area contributed by atoms with Crippen molar-refractivity contribution in [2.75, 3.05) is 25.5 Å². The van der Waals surface area contributed by atoms with Gasteiger partial charge in [0.05, 0.1) is 10.5 Å². The van der Waals surface area contributed by atoms with Gasteiger partial charge in [-0.15, -0.1) is 11.3 Å². The molecule has 0 bridgehead atoms. The van der Waals surface area contributed by atoms with Crippen LogP contribution < -0.4 is 10.6 Å². The highest BCUT2D eigenvalue weighted by Crippen LogP contribution is 2.37. The minimum absolute atomic E-state index is 0.193. The summed E-state index contributed by atoms with van der Waals surface area (Å²) in [5, 5.41) is 6.16. The molecule has 1 saturated heterocycles. The molecular weight excluding hydrogens is 458 g/mol. The molecule has 1 fully saturated rings. The van der Waals surface area contributed by atoms with Crippen molar-refractivity contribution in [1.82, 2.24) is 9.62 Å². The summed E-state index contributed by atoms with van der Waals surface area (Å²) in [6.45, 7) is 3.19. The molecule has 9 heteroatoms. The summed E-state index contributed by atoms with van der Waals surface area (Å²) >= 11 is 1.47. The number of amides is 2. The fraction of sp³-hybridized carbons (Fsp3) is 0.500. The molecule has 33 heavy (non-hydrogen) atoms. The topological polar surface area (TPSA) is 95.6 Å². The molecule has 0 saturated carbocycles. The van der Waals surface area contributed by atoms with Crippen molar-refractivity contribution in [3.8, 4) is 0 Å². The van der Waals surface area contributed by atoms with Gasteiger partial charge in [-0.3, -0.25) is 9.59 Å². The lowest BCUT2D eigenvalue weighted by Gasteiger charge is -2.29. The number of thiophene rings is 1. The molecule has 1 aromatic carbocycles. The van der Waals surface area contributed by atoms with Crippen LogP contribution in [-0.4, -0.2) is 44.7 Å². The predicted molar refractivity (Wildman–Crippen MR) is 131 cm³/mol. The van der Waals surface area contributed by atoms with E-state index in [4.69, 9.17) is 0 Å². The summed E-state index contributed by atoms with van der Waals surface area (Å²) in [5.74, 6) is -0.0104. The Morgan fingerprint density at radius 1 is 1.00 bits per heavy atom. The zero-order chi connectivity index (χ0) is 23.6. The molecule has 0 radical (unpaired) electrons. The van der Waals surface area contributed by atoms with E-state index in [-0.39, 0.29) is 16.7 Å². The molecule has 7 nitrogen and oxygen atoms in total. The van der Waals surface area contributed by atoms with Crippen molar-refractivity contribution in [2.45, 2.75) is 56.8 Å². The molecule has 1 aromatic heterocycles. The number of fused-ring (bicyclic) bond motifs is 1. The number of carbonyl (C=O) groups is 2. The van der Waals surface area contributed by atoms with Gasteiger partial charge < -0.3 is 10.6 Å². The van der Waals surface area contributed by atoms with E-state index in [9.17, 15) is 18.0 Å². The number of anilines is 1. The minimum Gasteiger partial charge on any atom is -0.355 e. The van der Waals surface area contributed by atoms with Crippen LogP contribution in [0.1, 0.15) is 70.2 Å². The molecule has 2 aromatic rings. The number of nitrogens with one attached hydrogen (secondary N) is 2. The average molecular weight is 490 g/mol. The lowest BCUT2D eigenvalue weighted by atomic mass is 10.0. The third-order valence-corrected chi connectivity index (χ3v) is 9.72. The molecular formula is C24H31N3O4S2. The summed E-state index contributed by atoms with van der Waals surface area (Å²) in [6.07, 6.45) is 6.74. The number of aryl methyl sites for hydroxylation is 1. The van der Waals surface area contributed by atoms with E-state index in [1.807, 2.05) is 0 Å². The summed E-state index contributed by atoms with van der Waals surface area (Å²) in [7, 11) is -1.97. The molecule has 2 N–H and O–H groups in total. The van der Waals surface area contributed by atoms with Crippen molar-refractivity contribution in [3.05, 3.63) is 45.8 Å². The molecule has 4 rings (SSSR count).